The van der Waals surface area contributed by atoms with Crippen LogP contribution in [0.3, 0.4) is 0 Å². The topological polar surface area (TPSA) is 79.4 Å². The second-order valence-electron chi connectivity index (χ2n) is 8.20. The lowest BCUT2D eigenvalue weighted by molar-refractivity contribution is -0.146. The van der Waals surface area contributed by atoms with Gasteiger partial charge in [-0.1, -0.05) is 12.8 Å². The fraction of sp³-hybridized carbons (Fsp3) is 0.545. The number of rotatable bonds is 7. The molecule has 2 aliphatic rings. The van der Waals surface area contributed by atoms with Gasteiger partial charge in [-0.3, -0.25) is 19.3 Å². The summed E-state index contributed by atoms with van der Waals surface area (Å²) in [5.74, 6) is -0.459. The molecule has 0 bridgehead atoms. The Morgan fingerprint density at radius 1 is 1.26 bits per heavy atom. The van der Waals surface area contributed by atoms with Crippen LogP contribution in [-0.4, -0.2) is 45.7 Å². The zero-order valence-electron chi connectivity index (χ0n) is 18.0. The molecule has 0 spiro atoms. The van der Waals surface area contributed by atoms with Gasteiger partial charge in [0.05, 0.1) is 17.5 Å². The minimum atomic E-state index is -0.782. The molecule has 1 aliphatic heterocycles. The lowest BCUT2D eigenvalue weighted by Gasteiger charge is -2.25. The van der Waals surface area contributed by atoms with Crippen molar-refractivity contribution in [2.45, 2.75) is 52.0 Å². The number of carbonyl (C=O) groups is 3. The molecular weight excluding hydrogens is 450 g/mol. The first kappa shape index (κ1) is 22.5. The highest BCUT2D eigenvalue weighted by Gasteiger charge is 2.51. The van der Waals surface area contributed by atoms with Gasteiger partial charge in [-0.25, -0.2) is 4.98 Å². The molecule has 3 amide bonds. The summed E-state index contributed by atoms with van der Waals surface area (Å²) in [5, 5.41) is 5.31. The van der Waals surface area contributed by atoms with Crippen molar-refractivity contribution in [1.29, 1.82) is 0 Å². The van der Waals surface area contributed by atoms with Gasteiger partial charge >= 0.3 is 0 Å². The van der Waals surface area contributed by atoms with Crippen LogP contribution in [0.5, 0.6) is 0 Å². The summed E-state index contributed by atoms with van der Waals surface area (Å²) in [6.45, 7) is 4.13. The largest absolute Gasteiger partial charge is 0.300 e. The van der Waals surface area contributed by atoms with Gasteiger partial charge in [0.15, 0.2) is 5.13 Å². The molecule has 3 unspecified atom stereocenters. The van der Waals surface area contributed by atoms with Crippen LogP contribution in [0.1, 0.15) is 41.9 Å². The number of thiazole rings is 1. The summed E-state index contributed by atoms with van der Waals surface area (Å²) >= 11 is 4.69. The van der Waals surface area contributed by atoms with Crippen LogP contribution in [0.2, 0.25) is 0 Å². The van der Waals surface area contributed by atoms with Crippen molar-refractivity contribution in [3.63, 3.8) is 0 Å². The van der Waals surface area contributed by atoms with Gasteiger partial charge in [-0.15, -0.1) is 22.7 Å². The minimum Gasteiger partial charge on any atom is -0.300 e. The number of imide groups is 1. The second kappa shape index (κ2) is 9.42. The first-order chi connectivity index (χ1) is 14.9. The van der Waals surface area contributed by atoms with Crippen LogP contribution >= 0.6 is 34.4 Å². The fourth-order valence-corrected chi connectivity index (χ4v) is 6.74. The maximum atomic E-state index is 13.2. The standard InChI is InChI=1S/C22H27N3O3S3/c1-12-10-16(13(2)31-12)17-11-30-22(23-17)24-19(26)18(8-9-29-3)25-20(27)14-6-4-5-7-15(14)21(25)28/h10-11,14-15,18H,4-9H2,1-3H3,(H,23,24,26). The van der Waals surface area contributed by atoms with Gasteiger partial charge in [0.1, 0.15) is 6.04 Å². The van der Waals surface area contributed by atoms with E-state index in [4.69, 9.17) is 0 Å². The van der Waals surface area contributed by atoms with Crippen molar-refractivity contribution >= 4 is 57.3 Å². The van der Waals surface area contributed by atoms with E-state index < -0.39 is 6.04 Å². The number of thiophene rings is 1. The maximum absolute atomic E-state index is 13.2. The number of carbonyl (C=O) groups excluding carboxylic acids is 3. The number of nitrogens with zero attached hydrogens (tertiary/aromatic N) is 2. The molecular formula is C22H27N3O3S3. The van der Waals surface area contributed by atoms with Crippen LogP contribution in [0.4, 0.5) is 5.13 Å². The number of amides is 3. The van der Waals surface area contributed by atoms with Crippen molar-refractivity contribution in [3.8, 4) is 11.3 Å². The maximum Gasteiger partial charge on any atom is 0.249 e. The summed E-state index contributed by atoms with van der Waals surface area (Å²) in [7, 11) is 0. The Kier molecular flexibility index (Phi) is 6.83. The number of anilines is 1. The van der Waals surface area contributed by atoms with Gasteiger partial charge in [-0.2, -0.15) is 11.8 Å². The van der Waals surface area contributed by atoms with E-state index >= 15 is 0 Å². The molecule has 6 nitrogen and oxygen atoms in total. The van der Waals surface area contributed by atoms with E-state index in [1.165, 1.54) is 26.0 Å². The number of hydrogen-bond donors (Lipinski definition) is 1. The van der Waals surface area contributed by atoms with E-state index in [1.807, 2.05) is 11.6 Å². The summed E-state index contributed by atoms with van der Waals surface area (Å²) in [5.41, 5.74) is 1.91. The normalized spacial score (nSPS) is 22.0. The van der Waals surface area contributed by atoms with Gasteiger partial charge < -0.3 is 5.32 Å². The first-order valence-corrected chi connectivity index (χ1v) is 13.7. The van der Waals surface area contributed by atoms with E-state index in [0.717, 1.165) is 36.9 Å². The van der Waals surface area contributed by atoms with Crippen molar-refractivity contribution in [1.82, 2.24) is 9.88 Å². The van der Waals surface area contributed by atoms with Crippen LogP contribution in [-0.2, 0) is 14.4 Å². The van der Waals surface area contributed by atoms with Crippen LogP contribution in [0, 0.1) is 25.7 Å². The average molecular weight is 478 g/mol. The Bertz CT molecular complexity index is 975. The smallest absolute Gasteiger partial charge is 0.249 e. The molecule has 0 aromatic carbocycles. The molecule has 31 heavy (non-hydrogen) atoms. The lowest BCUT2D eigenvalue weighted by Crippen LogP contribution is -2.48. The fourth-order valence-electron chi connectivity index (χ4n) is 4.63. The Morgan fingerprint density at radius 3 is 2.52 bits per heavy atom. The predicted molar refractivity (Wildman–Crippen MR) is 128 cm³/mol. The molecule has 0 radical (unpaired) electrons. The molecule has 3 heterocycles. The lowest BCUT2D eigenvalue weighted by atomic mass is 9.81. The molecule has 9 heteroatoms. The Hall–Kier alpha value is -1.71. The first-order valence-electron chi connectivity index (χ1n) is 10.6. The monoisotopic (exact) mass is 477 g/mol. The molecule has 2 aromatic rings. The Balaban J connectivity index is 1.53. The van der Waals surface area contributed by atoms with E-state index in [2.05, 4.69) is 30.2 Å². The van der Waals surface area contributed by atoms with Crippen LogP contribution in [0.15, 0.2) is 11.4 Å². The van der Waals surface area contributed by atoms with Crippen molar-refractivity contribution in [2.24, 2.45) is 11.8 Å². The van der Waals surface area contributed by atoms with E-state index in [-0.39, 0.29) is 29.6 Å². The highest BCUT2D eigenvalue weighted by molar-refractivity contribution is 7.98. The number of nitrogens with one attached hydrogen (secondary N) is 1. The molecule has 2 fully saturated rings. The summed E-state index contributed by atoms with van der Waals surface area (Å²) in [6, 6.07) is 1.32. The SMILES string of the molecule is CSCCC(C(=O)Nc1nc(-c2cc(C)sc2C)cs1)N1C(=O)C2CCCCC2C1=O. The van der Waals surface area contributed by atoms with Gasteiger partial charge in [-0.05, 0) is 51.2 Å². The Morgan fingerprint density at radius 2 is 1.94 bits per heavy atom. The highest BCUT2D eigenvalue weighted by atomic mass is 32.2. The van der Waals surface area contributed by atoms with Crippen molar-refractivity contribution in [3.05, 3.63) is 21.2 Å². The van der Waals surface area contributed by atoms with Gasteiger partial charge in [0, 0.05) is 20.7 Å². The minimum absolute atomic E-state index is 0.167. The van der Waals surface area contributed by atoms with Crippen LogP contribution < -0.4 is 5.32 Å². The molecule has 2 aromatic heterocycles. The quantitative estimate of drug-likeness (QED) is 0.584. The number of thioether (sulfide) groups is 1. The molecule has 1 N–H and O–H groups in total. The number of likely N-dealkylation sites (tertiary alicyclic amines) is 1. The van der Waals surface area contributed by atoms with Gasteiger partial charge in [0.25, 0.3) is 0 Å². The zero-order chi connectivity index (χ0) is 22.1. The summed E-state index contributed by atoms with van der Waals surface area (Å²) < 4.78 is 0. The number of aromatic nitrogens is 1. The van der Waals surface area contributed by atoms with E-state index in [0.29, 0.717) is 17.3 Å². The highest BCUT2D eigenvalue weighted by Crippen LogP contribution is 2.39. The van der Waals surface area contributed by atoms with E-state index in [9.17, 15) is 14.4 Å². The summed E-state index contributed by atoms with van der Waals surface area (Å²) in [6.07, 6.45) is 5.85. The zero-order valence-corrected chi connectivity index (χ0v) is 20.4. The molecule has 1 aliphatic carbocycles. The number of fused-ring (bicyclic) bond motifs is 1. The third-order valence-corrected chi connectivity index (χ3v) is 8.50. The predicted octanol–water partition coefficient (Wildman–Crippen LogP) is 4.72. The number of hydrogen-bond acceptors (Lipinski definition) is 7. The van der Waals surface area contributed by atoms with Crippen LogP contribution in [0.25, 0.3) is 11.3 Å². The molecule has 1 saturated carbocycles. The Labute approximate surface area is 194 Å². The molecule has 3 atom stereocenters. The molecule has 1 saturated heterocycles. The molecule has 166 valence electrons. The third-order valence-electron chi connectivity index (χ3n) is 6.14. The van der Waals surface area contributed by atoms with Crippen molar-refractivity contribution in [2.75, 3.05) is 17.3 Å². The van der Waals surface area contributed by atoms with Gasteiger partial charge in [0.2, 0.25) is 17.7 Å². The average Bonchev–Trinajstić information content (AvgIpc) is 3.41. The second-order valence-corrected chi connectivity index (χ2v) is 11.5. The van der Waals surface area contributed by atoms with Crippen molar-refractivity contribution < 1.29 is 14.4 Å². The van der Waals surface area contributed by atoms with E-state index in [1.54, 1.807) is 23.1 Å². The number of aryl methyl sites for hydroxylation is 2. The summed E-state index contributed by atoms with van der Waals surface area (Å²) in [4.78, 5) is 47.6. The molecule has 4 rings (SSSR count). The third kappa shape index (κ3) is 4.45.